The lowest BCUT2D eigenvalue weighted by atomic mass is 10.4. The Labute approximate surface area is 82.8 Å². The fourth-order valence-electron chi connectivity index (χ4n) is 0.671. The molecule has 6 heteroatoms. The van der Waals surface area contributed by atoms with Gasteiger partial charge in [-0.3, -0.25) is 9.59 Å². The fraction of sp³-hybridized carbons (Fsp3) is 0.714. The Kier molecular flexibility index (Phi) is 7.42. The second-order valence-corrected chi connectivity index (χ2v) is 2.71. The molecule has 0 spiro atoms. The molecule has 2 amide bonds. The number of carbonyl (C=O) groups is 2. The number of rotatable bonds is 6. The van der Waals surface area contributed by atoms with Gasteiger partial charge in [0, 0.05) is 26.1 Å². The van der Waals surface area contributed by atoms with Gasteiger partial charge < -0.3 is 16.4 Å². The van der Waals surface area contributed by atoms with Crippen LogP contribution in [0.5, 0.6) is 0 Å². The van der Waals surface area contributed by atoms with Crippen LogP contribution in [0, 0.1) is 0 Å². The molecule has 4 N–H and O–H groups in total. The van der Waals surface area contributed by atoms with E-state index >= 15 is 0 Å². The molecule has 0 aromatic heterocycles. The topological polar surface area (TPSA) is 84.2 Å². The summed E-state index contributed by atoms with van der Waals surface area (Å²) in [6.07, 6.45) is 0.277. The molecule has 13 heavy (non-hydrogen) atoms. The summed E-state index contributed by atoms with van der Waals surface area (Å²) in [4.78, 5) is 21.6. The lowest BCUT2D eigenvalue weighted by Crippen LogP contribution is -2.33. The van der Waals surface area contributed by atoms with Crippen molar-refractivity contribution in [3.63, 3.8) is 0 Å². The molecule has 0 bridgehead atoms. The molecule has 0 atom stereocenters. The second-order valence-electron chi connectivity index (χ2n) is 2.40. The van der Waals surface area contributed by atoms with E-state index in [1.165, 1.54) is 0 Å². The largest absolute Gasteiger partial charge is 0.355 e. The first kappa shape index (κ1) is 12.2. The van der Waals surface area contributed by atoms with Gasteiger partial charge in [0.2, 0.25) is 11.8 Å². The minimum atomic E-state index is -0.171. The molecular weight excluding hydrogens is 190 g/mol. The van der Waals surface area contributed by atoms with Gasteiger partial charge in [-0.05, 0) is 0 Å². The van der Waals surface area contributed by atoms with Crippen LogP contribution < -0.4 is 16.4 Å². The molecular formula is C7H15N3O2S. The van der Waals surface area contributed by atoms with Gasteiger partial charge in [0.15, 0.2) is 0 Å². The van der Waals surface area contributed by atoms with Crippen molar-refractivity contribution in [1.29, 1.82) is 0 Å². The summed E-state index contributed by atoms with van der Waals surface area (Å²) in [5, 5.41) is 5.12. The van der Waals surface area contributed by atoms with Crippen molar-refractivity contribution in [2.45, 2.75) is 6.42 Å². The molecule has 0 fully saturated rings. The monoisotopic (exact) mass is 205 g/mol. The molecule has 0 heterocycles. The van der Waals surface area contributed by atoms with Crippen molar-refractivity contribution in [3.8, 4) is 0 Å². The molecule has 0 unspecified atom stereocenters. The minimum absolute atomic E-state index is 0.107. The zero-order chi connectivity index (χ0) is 10.1. The first-order valence-corrected chi connectivity index (χ1v) is 4.68. The minimum Gasteiger partial charge on any atom is -0.355 e. The Bertz CT molecular complexity index is 175. The average molecular weight is 205 g/mol. The van der Waals surface area contributed by atoms with Crippen LogP contribution in [0.1, 0.15) is 6.42 Å². The lowest BCUT2D eigenvalue weighted by Gasteiger charge is -2.04. The third kappa shape index (κ3) is 7.61. The number of nitrogens with one attached hydrogen (secondary N) is 2. The zero-order valence-corrected chi connectivity index (χ0v) is 8.27. The van der Waals surface area contributed by atoms with Gasteiger partial charge in [-0.15, -0.1) is 0 Å². The van der Waals surface area contributed by atoms with Crippen LogP contribution in [0.15, 0.2) is 0 Å². The van der Waals surface area contributed by atoms with Gasteiger partial charge in [0.1, 0.15) is 0 Å². The summed E-state index contributed by atoms with van der Waals surface area (Å²) in [7, 11) is 0. The highest BCUT2D eigenvalue weighted by Crippen LogP contribution is 1.78. The van der Waals surface area contributed by atoms with Crippen LogP contribution in [-0.4, -0.2) is 37.2 Å². The lowest BCUT2D eigenvalue weighted by molar-refractivity contribution is -0.121. The van der Waals surface area contributed by atoms with Crippen molar-refractivity contribution in [1.82, 2.24) is 10.6 Å². The summed E-state index contributed by atoms with van der Waals surface area (Å²) in [6.45, 7) is 1.24. The van der Waals surface area contributed by atoms with E-state index in [0.717, 1.165) is 0 Å². The maximum Gasteiger partial charge on any atom is 0.229 e. The molecule has 0 aliphatic carbocycles. The van der Waals surface area contributed by atoms with E-state index in [0.29, 0.717) is 19.6 Å². The Morgan fingerprint density at radius 2 is 1.77 bits per heavy atom. The highest BCUT2D eigenvalue weighted by Gasteiger charge is 2.01. The van der Waals surface area contributed by atoms with Gasteiger partial charge in [-0.25, -0.2) is 0 Å². The van der Waals surface area contributed by atoms with E-state index in [9.17, 15) is 9.59 Å². The van der Waals surface area contributed by atoms with Crippen molar-refractivity contribution >= 4 is 24.4 Å². The van der Waals surface area contributed by atoms with Gasteiger partial charge in [-0.1, -0.05) is 0 Å². The Morgan fingerprint density at radius 1 is 1.15 bits per heavy atom. The molecule has 0 saturated carbocycles. The second kappa shape index (κ2) is 7.88. The van der Waals surface area contributed by atoms with Crippen LogP contribution in [0.2, 0.25) is 0 Å². The number of thiol groups is 1. The van der Waals surface area contributed by atoms with Crippen LogP contribution in [-0.2, 0) is 9.59 Å². The first-order chi connectivity index (χ1) is 6.20. The molecule has 76 valence electrons. The van der Waals surface area contributed by atoms with E-state index < -0.39 is 0 Å². The predicted octanol–water partition coefficient (Wildman–Crippen LogP) is -1.50. The van der Waals surface area contributed by atoms with Gasteiger partial charge in [0.05, 0.1) is 5.75 Å². The van der Waals surface area contributed by atoms with Crippen molar-refractivity contribution in [3.05, 3.63) is 0 Å². The quantitative estimate of drug-likeness (QED) is 0.398. The van der Waals surface area contributed by atoms with E-state index in [1.54, 1.807) is 0 Å². The summed E-state index contributed by atoms with van der Waals surface area (Å²) >= 11 is 3.77. The summed E-state index contributed by atoms with van der Waals surface area (Å²) in [5.74, 6) is -0.135. The van der Waals surface area contributed by atoms with Gasteiger partial charge in [0.25, 0.3) is 0 Å². The summed E-state index contributed by atoms with van der Waals surface area (Å²) < 4.78 is 0. The van der Waals surface area contributed by atoms with E-state index in [4.69, 9.17) is 5.73 Å². The zero-order valence-electron chi connectivity index (χ0n) is 7.38. The Morgan fingerprint density at radius 3 is 2.31 bits per heavy atom. The maximum atomic E-state index is 10.9. The van der Waals surface area contributed by atoms with Crippen LogP contribution in [0.25, 0.3) is 0 Å². The third-order valence-electron chi connectivity index (χ3n) is 1.28. The molecule has 0 aliphatic heterocycles. The summed E-state index contributed by atoms with van der Waals surface area (Å²) in [5.41, 5.74) is 5.18. The molecule has 0 saturated heterocycles. The smallest absolute Gasteiger partial charge is 0.229 e. The number of hydrogen-bond donors (Lipinski definition) is 4. The van der Waals surface area contributed by atoms with E-state index in [-0.39, 0.29) is 24.0 Å². The van der Waals surface area contributed by atoms with Crippen molar-refractivity contribution in [2.24, 2.45) is 5.73 Å². The van der Waals surface area contributed by atoms with Crippen molar-refractivity contribution < 1.29 is 9.59 Å². The Balaban J connectivity index is 3.31. The number of carbonyl (C=O) groups excluding carboxylic acids is 2. The number of amides is 2. The van der Waals surface area contributed by atoms with Crippen LogP contribution in [0.3, 0.4) is 0 Å². The third-order valence-corrected chi connectivity index (χ3v) is 1.57. The molecule has 0 aromatic carbocycles. The van der Waals surface area contributed by atoms with Crippen LogP contribution >= 0.6 is 12.6 Å². The first-order valence-electron chi connectivity index (χ1n) is 4.05. The SMILES string of the molecule is NCCNC(=O)CCNC(=O)CS. The molecule has 5 nitrogen and oxygen atoms in total. The van der Waals surface area contributed by atoms with Gasteiger partial charge >= 0.3 is 0 Å². The maximum absolute atomic E-state index is 10.9. The van der Waals surface area contributed by atoms with Crippen molar-refractivity contribution in [2.75, 3.05) is 25.4 Å². The highest BCUT2D eigenvalue weighted by molar-refractivity contribution is 7.81. The number of hydrogen-bond acceptors (Lipinski definition) is 4. The molecule has 0 rings (SSSR count). The molecule has 0 radical (unpaired) electrons. The highest BCUT2D eigenvalue weighted by atomic mass is 32.1. The van der Waals surface area contributed by atoms with Crippen LogP contribution in [0.4, 0.5) is 0 Å². The van der Waals surface area contributed by atoms with E-state index in [1.807, 2.05) is 0 Å². The number of nitrogens with two attached hydrogens (primary N) is 1. The average Bonchev–Trinajstić information content (AvgIpc) is 2.14. The Hall–Kier alpha value is -0.750. The summed E-state index contributed by atoms with van der Waals surface area (Å²) in [6, 6.07) is 0. The van der Waals surface area contributed by atoms with E-state index in [2.05, 4.69) is 23.3 Å². The predicted molar refractivity (Wildman–Crippen MR) is 53.5 cm³/mol. The van der Waals surface area contributed by atoms with Gasteiger partial charge in [-0.2, -0.15) is 12.6 Å². The standard InChI is InChI=1S/C7H15N3O2S/c8-2-4-10-6(11)1-3-9-7(12)5-13/h13H,1-5,8H2,(H,9,12)(H,10,11). The molecule has 0 aliphatic rings. The molecule has 0 aromatic rings. The fourth-order valence-corrected chi connectivity index (χ4v) is 0.783. The normalized spacial score (nSPS) is 9.38.